The van der Waals surface area contributed by atoms with Gasteiger partial charge in [-0.15, -0.1) is 0 Å². The van der Waals surface area contributed by atoms with Crippen molar-refractivity contribution in [2.75, 3.05) is 10.6 Å². The molecule has 0 saturated carbocycles. The smallest absolute Gasteiger partial charge is 0.175 e. The number of hydrogen-bond donors (Lipinski definition) is 2. The van der Waals surface area contributed by atoms with Crippen LogP contribution in [0.25, 0.3) is 0 Å². The van der Waals surface area contributed by atoms with E-state index in [1.165, 1.54) is 5.56 Å². The van der Waals surface area contributed by atoms with Crippen molar-refractivity contribution in [2.45, 2.75) is 13.3 Å². The highest BCUT2D eigenvalue weighted by Gasteiger charge is 2.06. The first-order valence-electron chi connectivity index (χ1n) is 8.23. The molecule has 2 N–H and O–H groups in total. The van der Waals surface area contributed by atoms with Crippen LogP contribution in [-0.4, -0.2) is 5.11 Å². The van der Waals surface area contributed by atoms with E-state index in [-0.39, 0.29) is 0 Å². The Bertz CT molecular complexity index is 832. The summed E-state index contributed by atoms with van der Waals surface area (Å²) in [7, 11) is 0. The molecule has 0 aliphatic rings. The van der Waals surface area contributed by atoms with Crippen LogP contribution in [0.4, 0.5) is 11.4 Å². The summed E-state index contributed by atoms with van der Waals surface area (Å²) in [5, 5.41) is 6.92. The fourth-order valence-electron chi connectivity index (χ4n) is 2.38. The quantitative estimate of drug-likeness (QED) is 0.567. The Hall–Kier alpha value is -2.85. The lowest BCUT2D eigenvalue weighted by Gasteiger charge is -2.15. The molecule has 0 aliphatic carbocycles. The van der Waals surface area contributed by atoms with Crippen LogP contribution in [0.15, 0.2) is 78.9 Å². The molecule has 126 valence electrons. The average Bonchev–Trinajstić information content (AvgIpc) is 2.65. The molecule has 0 unspecified atom stereocenters. The topological polar surface area (TPSA) is 33.3 Å². The van der Waals surface area contributed by atoms with Gasteiger partial charge < -0.3 is 15.4 Å². The Labute approximate surface area is 153 Å². The van der Waals surface area contributed by atoms with Gasteiger partial charge in [0.15, 0.2) is 10.9 Å². The number of rotatable bonds is 5. The molecule has 0 saturated heterocycles. The molecule has 0 spiro atoms. The number of ether oxygens (including phenoxy) is 1. The highest BCUT2D eigenvalue weighted by Crippen LogP contribution is 2.29. The Morgan fingerprint density at radius 1 is 0.840 bits per heavy atom. The van der Waals surface area contributed by atoms with Crippen LogP contribution < -0.4 is 15.4 Å². The Morgan fingerprint density at radius 3 is 2.24 bits per heavy atom. The number of thiocarbonyl (C=S) groups is 1. The number of nitrogens with one attached hydrogen (secondary N) is 2. The van der Waals surface area contributed by atoms with E-state index in [9.17, 15) is 0 Å². The van der Waals surface area contributed by atoms with Crippen molar-refractivity contribution in [2.24, 2.45) is 0 Å². The molecule has 0 aromatic heterocycles. The van der Waals surface area contributed by atoms with Gasteiger partial charge in [0.25, 0.3) is 0 Å². The summed E-state index contributed by atoms with van der Waals surface area (Å²) in [6, 6.07) is 25.6. The first kappa shape index (κ1) is 17.0. The van der Waals surface area contributed by atoms with Crippen molar-refractivity contribution < 1.29 is 4.74 Å². The monoisotopic (exact) mass is 348 g/mol. The predicted octanol–water partition coefficient (Wildman–Crippen LogP) is 5.85. The number of hydrogen-bond acceptors (Lipinski definition) is 2. The molecule has 0 amide bonds. The van der Waals surface area contributed by atoms with Crippen LogP contribution in [0.2, 0.25) is 0 Å². The molecule has 25 heavy (non-hydrogen) atoms. The lowest BCUT2D eigenvalue weighted by atomic mass is 10.1. The molecule has 3 nitrogen and oxygen atoms in total. The molecule has 4 heteroatoms. The minimum absolute atomic E-state index is 0.522. The molecular weight excluding hydrogens is 328 g/mol. The lowest BCUT2D eigenvalue weighted by Crippen LogP contribution is -2.19. The van der Waals surface area contributed by atoms with Crippen molar-refractivity contribution in [3.63, 3.8) is 0 Å². The SMILES string of the molecule is CCc1ccc(NC(=S)Nc2ccccc2Oc2ccccc2)cc1. The summed E-state index contributed by atoms with van der Waals surface area (Å²) < 4.78 is 5.94. The van der Waals surface area contributed by atoms with Gasteiger partial charge in [-0.3, -0.25) is 0 Å². The molecule has 0 fully saturated rings. The summed E-state index contributed by atoms with van der Waals surface area (Å²) >= 11 is 5.43. The van der Waals surface area contributed by atoms with Crippen LogP contribution in [0, 0.1) is 0 Å². The third-order valence-electron chi connectivity index (χ3n) is 3.73. The Morgan fingerprint density at radius 2 is 1.52 bits per heavy atom. The van der Waals surface area contributed by atoms with Crippen molar-refractivity contribution in [1.29, 1.82) is 0 Å². The van der Waals surface area contributed by atoms with E-state index in [4.69, 9.17) is 17.0 Å². The van der Waals surface area contributed by atoms with Crippen molar-refractivity contribution in [3.05, 3.63) is 84.4 Å². The molecule has 3 aromatic carbocycles. The summed E-state index contributed by atoms with van der Waals surface area (Å²) in [4.78, 5) is 0. The normalized spacial score (nSPS) is 10.1. The van der Waals surface area contributed by atoms with Crippen molar-refractivity contribution in [1.82, 2.24) is 0 Å². The maximum atomic E-state index is 5.94. The number of para-hydroxylation sites is 3. The average molecular weight is 348 g/mol. The zero-order valence-electron chi connectivity index (χ0n) is 14.0. The molecule has 0 bridgehead atoms. The number of anilines is 2. The molecule has 0 aliphatic heterocycles. The van der Waals surface area contributed by atoms with Gasteiger partial charge in [0, 0.05) is 5.69 Å². The van der Waals surface area contributed by atoms with Gasteiger partial charge in [0.05, 0.1) is 5.69 Å². The van der Waals surface area contributed by atoms with E-state index in [0.717, 1.165) is 29.3 Å². The van der Waals surface area contributed by atoms with Gasteiger partial charge in [-0.1, -0.05) is 49.4 Å². The van der Waals surface area contributed by atoms with Gasteiger partial charge >= 0.3 is 0 Å². The molecule has 0 radical (unpaired) electrons. The maximum Gasteiger partial charge on any atom is 0.175 e. The van der Waals surface area contributed by atoms with Gasteiger partial charge in [0.2, 0.25) is 0 Å². The van der Waals surface area contributed by atoms with Crippen LogP contribution in [-0.2, 0) is 6.42 Å². The number of aryl methyl sites for hydroxylation is 1. The summed E-state index contributed by atoms with van der Waals surface area (Å²) in [5.41, 5.74) is 3.07. The second-order valence-electron chi connectivity index (χ2n) is 5.54. The molecule has 0 heterocycles. The van der Waals surface area contributed by atoms with Gasteiger partial charge in [-0.05, 0) is 60.6 Å². The highest BCUT2D eigenvalue weighted by molar-refractivity contribution is 7.80. The van der Waals surface area contributed by atoms with Crippen molar-refractivity contribution >= 4 is 28.7 Å². The highest BCUT2D eigenvalue weighted by atomic mass is 32.1. The van der Waals surface area contributed by atoms with Gasteiger partial charge in [-0.2, -0.15) is 0 Å². The molecule has 0 atom stereocenters. The summed E-state index contributed by atoms with van der Waals surface area (Å²) in [6.07, 6.45) is 1.02. The maximum absolute atomic E-state index is 5.94. The van der Waals surface area contributed by atoms with E-state index in [1.807, 2.05) is 66.7 Å². The van der Waals surface area contributed by atoms with Crippen LogP contribution in [0.3, 0.4) is 0 Å². The van der Waals surface area contributed by atoms with E-state index < -0.39 is 0 Å². The lowest BCUT2D eigenvalue weighted by molar-refractivity contribution is 0.485. The largest absolute Gasteiger partial charge is 0.455 e. The van der Waals surface area contributed by atoms with Crippen LogP contribution in [0.5, 0.6) is 11.5 Å². The second-order valence-corrected chi connectivity index (χ2v) is 5.95. The predicted molar refractivity (Wildman–Crippen MR) is 109 cm³/mol. The van der Waals surface area contributed by atoms with Gasteiger partial charge in [-0.25, -0.2) is 0 Å². The Balaban J connectivity index is 1.68. The second kappa shape index (κ2) is 8.31. The number of benzene rings is 3. The van der Waals surface area contributed by atoms with E-state index >= 15 is 0 Å². The van der Waals surface area contributed by atoms with E-state index in [0.29, 0.717) is 5.11 Å². The molecule has 3 aromatic rings. The first-order chi connectivity index (χ1) is 12.2. The zero-order valence-corrected chi connectivity index (χ0v) is 14.8. The molecule has 3 rings (SSSR count). The standard InChI is InChI=1S/C21H20N2OS/c1-2-16-12-14-17(15-13-16)22-21(25)23-19-10-6-7-11-20(19)24-18-8-4-3-5-9-18/h3-15H,2H2,1H3,(H2,22,23,25). The van der Waals surface area contributed by atoms with Crippen LogP contribution >= 0.6 is 12.2 Å². The fourth-order valence-corrected chi connectivity index (χ4v) is 2.61. The fraction of sp³-hybridized carbons (Fsp3) is 0.0952. The summed E-state index contributed by atoms with van der Waals surface area (Å²) in [5.74, 6) is 1.50. The zero-order chi connectivity index (χ0) is 17.5. The molecular formula is C21H20N2OS. The van der Waals surface area contributed by atoms with E-state index in [1.54, 1.807) is 0 Å². The first-order valence-corrected chi connectivity index (χ1v) is 8.64. The van der Waals surface area contributed by atoms with Gasteiger partial charge in [0.1, 0.15) is 5.75 Å². The Kier molecular flexibility index (Phi) is 5.65. The third kappa shape index (κ3) is 4.81. The van der Waals surface area contributed by atoms with E-state index in [2.05, 4.69) is 29.7 Å². The van der Waals surface area contributed by atoms with Crippen LogP contribution in [0.1, 0.15) is 12.5 Å². The minimum atomic E-state index is 0.522. The summed E-state index contributed by atoms with van der Waals surface area (Å²) in [6.45, 7) is 2.14. The third-order valence-corrected chi connectivity index (χ3v) is 3.93. The van der Waals surface area contributed by atoms with Crippen molar-refractivity contribution in [3.8, 4) is 11.5 Å². The minimum Gasteiger partial charge on any atom is -0.455 e.